The summed E-state index contributed by atoms with van der Waals surface area (Å²) in [5.41, 5.74) is -4.06. The number of nitrogens with zero attached hydrogens (tertiary/aromatic N) is 3. The molecular formula is C22H26F2N5O9PS. The maximum atomic E-state index is 15.5. The number of aromatic nitrogens is 4. The molecule has 0 bridgehead atoms. The average Bonchev–Trinajstić information content (AvgIpc) is 3.39. The molecule has 3 N–H and O–H groups in total. The molecule has 0 radical (unpaired) electrons. The number of nitrogens with one attached hydrogen (secondary N) is 2. The van der Waals surface area contributed by atoms with Gasteiger partial charge in [-0.15, -0.1) is 5.10 Å². The Balaban J connectivity index is 1.59. The maximum absolute atomic E-state index is 15.5. The van der Waals surface area contributed by atoms with Crippen molar-refractivity contribution in [3.05, 3.63) is 51.1 Å². The number of fused-ring (bicyclic) bond motifs is 1. The van der Waals surface area contributed by atoms with Crippen molar-refractivity contribution in [3.8, 4) is 5.75 Å². The smallest absolute Gasteiger partial charge is 0.459 e. The highest BCUT2D eigenvalue weighted by Gasteiger charge is 2.56. The zero-order valence-corrected chi connectivity index (χ0v) is 23.3. The van der Waals surface area contributed by atoms with Crippen LogP contribution in [0.2, 0.25) is 0 Å². The molecular weight excluding hydrogens is 579 g/mol. The first-order valence-electron chi connectivity index (χ1n) is 11.9. The predicted octanol–water partition coefficient (Wildman–Crippen LogP) is 1.80. The number of carbonyl (C=O) groups excluding carboxylic acids is 1. The summed E-state index contributed by atoms with van der Waals surface area (Å²) in [6, 6.07) is 1.86. The molecule has 3 heterocycles. The van der Waals surface area contributed by atoms with Crippen molar-refractivity contribution in [1.29, 1.82) is 0 Å². The van der Waals surface area contributed by atoms with Crippen LogP contribution in [0.25, 0.3) is 10.2 Å². The molecule has 6 atom stereocenters. The summed E-state index contributed by atoms with van der Waals surface area (Å²) >= 11 is 0.918. The number of aliphatic hydroxyl groups excluding tert-OH is 1. The number of aromatic amines is 1. The fourth-order valence-corrected chi connectivity index (χ4v) is 5.90. The number of rotatable bonds is 10. The third-order valence-corrected chi connectivity index (χ3v) is 8.12. The van der Waals surface area contributed by atoms with Crippen molar-refractivity contribution in [2.24, 2.45) is 0 Å². The van der Waals surface area contributed by atoms with E-state index in [2.05, 4.69) is 14.7 Å². The second-order valence-electron chi connectivity index (χ2n) is 9.38. The van der Waals surface area contributed by atoms with Crippen LogP contribution in [-0.4, -0.2) is 66.8 Å². The van der Waals surface area contributed by atoms with Crippen LogP contribution in [0.3, 0.4) is 0 Å². The van der Waals surface area contributed by atoms with Gasteiger partial charge < -0.3 is 19.1 Å². The number of halogens is 2. The highest BCUT2D eigenvalue weighted by Crippen LogP contribution is 2.48. The summed E-state index contributed by atoms with van der Waals surface area (Å²) in [5.74, 6) is -2.32. The third kappa shape index (κ3) is 6.29. The summed E-state index contributed by atoms with van der Waals surface area (Å²) in [6.45, 7) is 4.66. The van der Waals surface area contributed by atoms with Gasteiger partial charge in [0.2, 0.25) is 0 Å². The molecule has 4 rings (SSSR count). The van der Waals surface area contributed by atoms with Crippen LogP contribution < -0.4 is 20.9 Å². The van der Waals surface area contributed by atoms with E-state index in [0.29, 0.717) is 4.70 Å². The van der Waals surface area contributed by atoms with E-state index in [4.69, 9.17) is 18.5 Å². The summed E-state index contributed by atoms with van der Waals surface area (Å²) < 4.78 is 70.3. The minimum Gasteiger partial charge on any atom is -0.462 e. The topological polar surface area (TPSA) is 184 Å². The first-order chi connectivity index (χ1) is 18.7. The largest absolute Gasteiger partial charge is 0.462 e. The lowest BCUT2D eigenvalue weighted by Gasteiger charge is -2.25. The first-order valence-corrected chi connectivity index (χ1v) is 14.2. The fraction of sp³-hybridized carbons (Fsp3) is 0.500. The summed E-state index contributed by atoms with van der Waals surface area (Å²) in [5, 5.41) is 16.8. The number of hydrogen-bond donors (Lipinski definition) is 3. The predicted molar refractivity (Wildman–Crippen MR) is 136 cm³/mol. The minimum absolute atomic E-state index is 0.233. The number of ether oxygens (including phenoxy) is 2. The summed E-state index contributed by atoms with van der Waals surface area (Å²) in [4.78, 5) is 37.9. The Hall–Kier alpha value is -3.08. The Kier molecular flexibility index (Phi) is 8.54. The molecule has 0 spiro atoms. The minimum atomic E-state index is -4.67. The monoisotopic (exact) mass is 605 g/mol. The molecule has 1 unspecified atom stereocenters. The van der Waals surface area contributed by atoms with Gasteiger partial charge in [0.05, 0.1) is 17.4 Å². The van der Waals surface area contributed by atoms with Gasteiger partial charge in [-0.2, -0.15) is 5.09 Å². The molecule has 0 saturated carbocycles. The van der Waals surface area contributed by atoms with Gasteiger partial charge in [-0.25, -0.2) is 18.1 Å². The van der Waals surface area contributed by atoms with E-state index in [-0.39, 0.29) is 5.52 Å². The number of alkyl halides is 1. The van der Waals surface area contributed by atoms with Crippen molar-refractivity contribution in [2.45, 2.75) is 63.9 Å². The van der Waals surface area contributed by atoms with E-state index < -0.39 is 79.4 Å². The van der Waals surface area contributed by atoms with Crippen LogP contribution in [0.5, 0.6) is 5.75 Å². The lowest BCUT2D eigenvalue weighted by atomic mass is 9.98. The molecule has 1 saturated heterocycles. The highest BCUT2D eigenvalue weighted by atomic mass is 32.1. The fourth-order valence-electron chi connectivity index (χ4n) is 3.83. The van der Waals surface area contributed by atoms with E-state index in [0.717, 1.165) is 47.4 Å². The van der Waals surface area contributed by atoms with Gasteiger partial charge in [-0.1, -0.05) is 4.49 Å². The second-order valence-corrected chi connectivity index (χ2v) is 11.9. The van der Waals surface area contributed by atoms with Gasteiger partial charge >= 0.3 is 19.4 Å². The van der Waals surface area contributed by atoms with Crippen molar-refractivity contribution >= 4 is 35.5 Å². The molecule has 2 aromatic heterocycles. The van der Waals surface area contributed by atoms with E-state index >= 15 is 4.39 Å². The van der Waals surface area contributed by atoms with Crippen molar-refractivity contribution in [1.82, 2.24) is 24.2 Å². The average molecular weight is 606 g/mol. The molecule has 1 aromatic carbocycles. The highest BCUT2D eigenvalue weighted by molar-refractivity contribution is 7.52. The normalized spacial score (nSPS) is 25.1. The Morgan fingerprint density at radius 3 is 2.77 bits per heavy atom. The van der Waals surface area contributed by atoms with Gasteiger partial charge in [0.25, 0.3) is 5.56 Å². The number of esters is 1. The lowest BCUT2D eigenvalue weighted by Crippen LogP contribution is -2.43. The van der Waals surface area contributed by atoms with Crippen molar-refractivity contribution in [3.63, 3.8) is 0 Å². The van der Waals surface area contributed by atoms with Crippen LogP contribution in [0, 0.1) is 5.82 Å². The van der Waals surface area contributed by atoms with E-state index in [1.807, 2.05) is 4.98 Å². The molecule has 40 heavy (non-hydrogen) atoms. The standard InChI is InChI=1S/C22H26F2N5O9PS/c1-10(2)36-19(32)11(3)27-39(34,38-14-8-13-16(7-12(14)23)40-28-26-13)35-9-15-18(31)22(4,24)20(37-15)29-6-5-17(30)25-21(29)33/h5-8,10-11,15,18,20,31H,9H2,1-4H3,(H,27,34)(H,25,30,33)/t11-,15+,18+,20+,22+,39?/m0/s1. The number of carbonyl (C=O) groups is 1. The van der Waals surface area contributed by atoms with Gasteiger partial charge in [-0.05, 0) is 45.3 Å². The zero-order valence-electron chi connectivity index (χ0n) is 21.6. The van der Waals surface area contributed by atoms with Crippen LogP contribution in [0.15, 0.2) is 34.0 Å². The van der Waals surface area contributed by atoms with Crippen molar-refractivity contribution < 1.29 is 41.8 Å². The molecule has 1 aliphatic rings. The molecule has 218 valence electrons. The number of H-pyrrole nitrogens is 1. The molecule has 14 nitrogen and oxygen atoms in total. The molecule has 3 aromatic rings. The zero-order chi connectivity index (χ0) is 29.4. The number of aliphatic hydroxyl groups is 1. The van der Waals surface area contributed by atoms with E-state index in [9.17, 15) is 28.4 Å². The summed E-state index contributed by atoms with van der Waals surface area (Å²) in [7, 11) is -4.67. The SMILES string of the molecule is CC(C)OC(=O)[C@H](C)NP(=O)(OC[C@H]1O[C@@H](n2ccc(=O)[nH]c2=O)[C@](C)(F)[C@@H]1O)Oc1cc2nnsc2cc1F. The van der Waals surface area contributed by atoms with Gasteiger partial charge in [0, 0.05) is 18.3 Å². The Morgan fingerprint density at radius 2 is 2.10 bits per heavy atom. The van der Waals surface area contributed by atoms with Crippen molar-refractivity contribution in [2.75, 3.05) is 6.61 Å². The van der Waals surface area contributed by atoms with Gasteiger partial charge in [0.1, 0.15) is 23.8 Å². The summed E-state index contributed by atoms with van der Waals surface area (Å²) in [6.07, 6.45) is -4.66. The lowest BCUT2D eigenvalue weighted by molar-refractivity contribution is -0.149. The number of benzene rings is 1. The molecule has 18 heteroatoms. The Labute approximate surface area is 229 Å². The Bertz CT molecular complexity index is 1560. The quantitative estimate of drug-likeness (QED) is 0.225. The second kappa shape index (κ2) is 11.4. The van der Waals surface area contributed by atoms with E-state index in [1.54, 1.807) is 13.8 Å². The third-order valence-electron chi connectivity index (χ3n) is 5.81. The molecule has 1 aliphatic heterocycles. The van der Waals surface area contributed by atoms with E-state index in [1.165, 1.54) is 6.92 Å². The maximum Gasteiger partial charge on any atom is 0.459 e. The first kappa shape index (κ1) is 29.9. The van der Waals surface area contributed by atoms with Gasteiger partial charge in [-0.3, -0.25) is 23.7 Å². The van der Waals surface area contributed by atoms with Crippen LogP contribution >= 0.6 is 19.3 Å². The Morgan fingerprint density at radius 1 is 1.38 bits per heavy atom. The molecule has 0 amide bonds. The van der Waals surface area contributed by atoms with Gasteiger partial charge in [0.15, 0.2) is 23.5 Å². The number of hydrogen-bond acceptors (Lipinski definition) is 12. The molecule has 0 aliphatic carbocycles. The van der Waals surface area contributed by atoms with Crippen LogP contribution in [0.1, 0.15) is 33.9 Å². The molecule has 1 fully saturated rings. The van der Waals surface area contributed by atoms with Crippen LogP contribution in [-0.2, 0) is 23.4 Å². The van der Waals surface area contributed by atoms with Crippen LogP contribution in [0.4, 0.5) is 8.78 Å².